The van der Waals surface area contributed by atoms with E-state index in [1.165, 1.54) is 6.08 Å². The fraction of sp³-hybridized carbons (Fsp3) is 0.636. The van der Waals surface area contributed by atoms with Crippen LogP contribution in [-0.2, 0) is 19.1 Å². The number of hydrogen-bond acceptors (Lipinski definition) is 5. The molecule has 16 heavy (non-hydrogen) atoms. The minimum absolute atomic E-state index is 0.0981. The van der Waals surface area contributed by atoms with Crippen LogP contribution >= 0.6 is 0 Å². The van der Waals surface area contributed by atoms with Gasteiger partial charge in [0.2, 0.25) is 6.08 Å². The summed E-state index contributed by atoms with van der Waals surface area (Å²) in [6, 6.07) is 0. The first-order valence-electron chi connectivity index (χ1n) is 4.84. The normalized spacial score (nSPS) is 8.56. The first-order chi connectivity index (χ1) is 7.45. The van der Waals surface area contributed by atoms with Crippen molar-refractivity contribution in [2.75, 3.05) is 20.3 Å². The summed E-state index contributed by atoms with van der Waals surface area (Å²) in [6.45, 7) is 9.17. The highest BCUT2D eigenvalue weighted by atomic mass is 16.5. The Kier molecular flexibility index (Phi) is 12.3. The summed E-state index contributed by atoms with van der Waals surface area (Å²) in [4.78, 5) is 23.4. The molecule has 0 unspecified atom stereocenters. The monoisotopic (exact) mass is 229 g/mol. The maximum Gasteiger partial charge on any atom is 0.333 e. The van der Waals surface area contributed by atoms with Gasteiger partial charge < -0.3 is 9.47 Å². The Balaban J connectivity index is 0. The standard InChI is InChI=1S/C7H9NO3.C4H10O/c1-6(2)7(10)11-4-3-8-5-9;1-4(2)5-3/h1,3-4H2,2H3;4H,1-3H3. The number of methoxy groups -OCH3 is 1. The van der Waals surface area contributed by atoms with Gasteiger partial charge in [-0.3, -0.25) is 0 Å². The molecule has 0 bridgehead atoms. The van der Waals surface area contributed by atoms with E-state index in [1.807, 2.05) is 13.8 Å². The highest BCUT2D eigenvalue weighted by Gasteiger charge is 2.00. The van der Waals surface area contributed by atoms with Crippen molar-refractivity contribution in [1.82, 2.24) is 0 Å². The molecule has 0 spiro atoms. The van der Waals surface area contributed by atoms with Crippen molar-refractivity contribution in [1.29, 1.82) is 0 Å². The molecule has 0 heterocycles. The highest BCUT2D eigenvalue weighted by Crippen LogP contribution is 1.90. The van der Waals surface area contributed by atoms with Gasteiger partial charge in [0, 0.05) is 12.7 Å². The molecule has 5 heteroatoms. The van der Waals surface area contributed by atoms with E-state index < -0.39 is 5.97 Å². The summed E-state index contributed by atoms with van der Waals surface area (Å²) in [5.41, 5.74) is 0.333. The molecule has 0 aromatic carbocycles. The van der Waals surface area contributed by atoms with E-state index in [2.05, 4.69) is 16.3 Å². The molecule has 0 saturated heterocycles. The van der Waals surface area contributed by atoms with Gasteiger partial charge in [0.15, 0.2) is 0 Å². The van der Waals surface area contributed by atoms with Crippen LogP contribution in [0, 0.1) is 0 Å². The molecule has 0 aliphatic heterocycles. The summed E-state index contributed by atoms with van der Waals surface area (Å²) in [7, 11) is 1.70. The maximum absolute atomic E-state index is 10.6. The molecule has 0 aliphatic rings. The van der Waals surface area contributed by atoms with Crippen molar-refractivity contribution >= 4 is 12.0 Å². The van der Waals surface area contributed by atoms with E-state index in [-0.39, 0.29) is 13.2 Å². The minimum atomic E-state index is -0.467. The predicted octanol–water partition coefficient (Wildman–Crippen LogP) is 1.48. The molecule has 0 amide bonds. The van der Waals surface area contributed by atoms with Gasteiger partial charge in [-0.1, -0.05) is 6.58 Å². The number of hydrogen-bond donors (Lipinski definition) is 0. The first-order valence-corrected chi connectivity index (χ1v) is 4.84. The molecular weight excluding hydrogens is 210 g/mol. The van der Waals surface area contributed by atoms with Crippen LogP contribution in [-0.4, -0.2) is 38.4 Å². The second kappa shape index (κ2) is 11.6. The van der Waals surface area contributed by atoms with Crippen LogP contribution in [0.25, 0.3) is 0 Å². The fourth-order valence-electron chi connectivity index (χ4n) is 0.353. The number of aliphatic imine (C=N–C) groups is 1. The molecule has 5 nitrogen and oxygen atoms in total. The number of carbonyl (C=O) groups is 1. The van der Waals surface area contributed by atoms with Gasteiger partial charge in [-0.25, -0.2) is 14.6 Å². The van der Waals surface area contributed by atoms with E-state index in [1.54, 1.807) is 14.0 Å². The van der Waals surface area contributed by atoms with Crippen LogP contribution in [0.15, 0.2) is 17.1 Å². The van der Waals surface area contributed by atoms with E-state index in [0.717, 1.165) is 0 Å². The van der Waals surface area contributed by atoms with Crippen molar-refractivity contribution in [3.63, 3.8) is 0 Å². The second-order valence-electron chi connectivity index (χ2n) is 3.17. The fourth-order valence-corrected chi connectivity index (χ4v) is 0.353. The largest absolute Gasteiger partial charge is 0.460 e. The molecular formula is C11H19NO4. The Morgan fingerprint density at radius 1 is 1.50 bits per heavy atom. The number of isocyanates is 1. The van der Waals surface area contributed by atoms with Gasteiger partial charge >= 0.3 is 5.97 Å². The van der Waals surface area contributed by atoms with Crippen LogP contribution in [0.4, 0.5) is 0 Å². The summed E-state index contributed by atoms with van der Waals surface area (Å²) in [5.74, 6) is -0.467. The van der Waals surface area contributed by atoms with Crippen LogP contribution in [0.2, 0.25) is 0 Å². The van der Waals surface area contributed by atoms with Gasteiger partial charge in [-0.05, 0) is 20.8 Å². The minimum Gasteiger partial charge on any atom is -0.460 e. The molecule has 0 aromatic rings. The van der Waals surface area contributed by atoms with Gasteiger partial charge in [0.1, 0.15) is 6.61 Å². The predicted molar refractivity (Wildman–Crippen MR) is 60.9 cm³/mol. The number of rotatable bonds is 5. The van der Waals surface area contributed by atoms with E-state index in [0.29, 0.717) is 11.7 Å². The molecule has 0 radical (unpaired) electrons. The molecule has 0 saturated carbocycles. The molecule has 0 aliphatic carbocycles. The third-order valence-corrected chi connectivity index (χ3v) is 1.32. The van der Waals surface area contributed by atoms with Gasteiger partial charge in [0.25, 0.3) is 0 Å². The Morgan fingerprint density at radius 2 is 2.00 bits per heavy atom. The Morgan fingerprint density at radius 3 is 2.31 bits per heavy atom. The second-order valence-corrected chi connectivity index (χ2v) is 3.17. The molecule has 0 atom stereocenters. The summed E-state index contributed by atoms with van der Waals surface area (Å²) < 4.78 is 9.34. The van der Waals surface area contributed by atoms with Crippen molar-refractivity contribution in [2.45, 2.75) is 26.9 Å². The van der Waals surface area contributed by atoms with Crippen LogP contribution in [0.5, 0.6) is 0 Å². The average Bonchev–Trinajstić information content (AvgIpc) is 2.24. The zero-order valence-electron chi connectivity index (χ0n) is 10.3. The summed E-state index contributed by atoms with van der Waals surface area (Å²) in [5, 5.41) is 0. The van der Waals surface area contributed by atoms with Crippen LogP contribution < -0.4 is 0 Å². The van der Waals surface area contributed by atoms with Crippen molar-refractivity contribution < 1.29 is 19.1 Å². The zero-order valence-corrected chi connectivity index (χ0v) is 10.3. The maximum atomic E-state index is 10.6. The molecule has 92 valence electrons. The zero-order chi connectivity index (χ0) is 13.0. The lowest BCUT2D eigenvalue weighted by molar-refractivity contribution is -0.138. The highest BCUT2D eigenvalue weighted by molar-refractivity contribution is 5.86. The number of ether oxygens (including phenoxy) is 2. The first kappa shape index (κ1) is 17.0. The lowest BCUT2D eigenvalue weighted by atomic mass is 10.4. The van der Waals surface area contributed by atoms with E-state index >= 15 is 0 Å². The number of esters is 1. The Hall–Kier alpha value is -1.45. The smallest absolute Gasteiger partial charge is 0.333 e. The quantitative estimate of drug-likeness (QED) is 0.235. The Bertz CT molecular complexity index is 255. The summed E-state index contributed by atoms with van der Waals surface area (Å²) in [6.07, 6.45) is 1.72. The molecule has 0 rings (SSSR count). The van der Waals surface area contributed by atoms with Crippen molar-refractivity contribution in [2.24, 2.45) is 4.99 Å². The lowest BCUT2D eigenvalue weighted by Gasteiger charge is -1.99. The molecule has 0 aromatic heterocycles. The average molecular weight is 229 g/mol. The summed E-state index contributed by atoms with van der Waals surface area (Å²) >= 11 is 0. The van der Waals surface area contributed by atoms with Gasteiger partial charge in [0.05, 0.1) is 12.6 Å². The number of nitrogens with zero attached hydrogens (tertiary/aromatic N) is 1. The lowest BCUT2D eigenvalue weighted by Crippen LogP contribution is -2.07. The number of carbonyl (C=O) groups excluding carboxylic acids is 2. The van der Waals surface area contributed by atoms with Crippen molar-refractivity contribution in [3.8, 4) is 0 Å². The topological polar surface area (TPSA) is 65.0 Å². The third-order valence-electron chi connectivity index (χ3n) is 1.32. The molecule has 0 fully saturated rings. The van der Waals surface area contributed by atoms with Gasteiger partial charge in [-0.15, -0.1) is 0 Å². The van der Waals surface area contributed by atoms with Crippen LogP contribution in [0.3, 0.4) is 0 Å². The van der Waals surface area contributed by atoms with Crippen LogP contribution in [0.1, 0.15) is 20.8 Å². The SMILES string of the molecule is C=C(C)C(=O)OCCN=C=O.COC(C)C. The Labute approximate surface area is 96.2 Å². The third kappa shape index (κ3) is 15.0. The van der Waals surface area contributed by atoms with Gasteiger partial charge in [-0.2, -0.15) is 0 Å². The molecule has 0 N–H and O–H groups in total. The van der Waals surface area contributed by atoms with E-state index in [4.69, 9.17) is 4.74 Å². The van der Waals surface area contributed by atoms with Crippen molar-refractivity contribution in [3.05, 3.63) is 12.2 Å². The van der Waals surface area contributed by atoms with E-state index in [9.17, 15) is 9.59 Å².